The number of hydrogen-bond acceptors (Lipinski definition) is 2. The first kappa shape index (κ1) is 13.1. The van der Waals surface area contributed by atoms with Crippen LogP contribution in [-0.4, -0.2) is 21.5 Å². The molecule has 1 N–H and O–H groups in total. The molecule has 0 bridgehead atoms. The average Bonchev–Trinajstić information content (AvgIpc) is 2.56. The highest BCUT2D eigenvalue weighted by Crippen LogP contribution is 2.24. The Labute approximate surface area is 112 Å². The molecule has 0 aliphatic carbocycles. The molecule has 0 fully saturated rings. The van der Waals surface area contributed by atoms with Gasteiger partial charge in [0.2, 0.25) is 0 Å². The molecular formula is C14H17ClN2O. The molecule has 0 saturated carbocycles. The normalized spacial score (nSPS) is 10.9. The van der Waals surface area contributed by atoms with Gasteiger partial charge in [-0.25, -0.2) is 4.68 Å². The SMILES string of the molecule is Cc1cc(C)cc(-n2nc(C)c(CCO)c2Cl)c1. The molecular weight excluding hydrogens is 248 g/mol. The highest BCUT2D eigenvalue weighted by molar-refractivity contribution is 6.30. The lowest BCUT2D eigenvalue weighted by Crippen LogP contribution is -1.98. The number of rotatable bonds is 3. The van der Waals surface area contributed by atoms with Crippen LogP contribution in [0.1, 0.15) is 22.4 Å². The molecule has 0 unspecified atom stereocenters. The smallest absolute Gasteiger partial charge is 0.136 e. The summed E-state index contributed by atoms with van der Waals surface area (Å²) in [5.74, 6) is 0. The molecule has 18 heavy (non-hydrogen) atoms. The highest BCUT2D eigenvalue weighted by Gasteiger charge is 2.14. The summed E-state index contributed by atoms with van der Waals surface area (Å²) >= 11 is 6.34. The molecule has 0 radical (unpaired) electrons. The number of halogens is 1. The third kappa shape index (κ3) is 2.42. The minimum absolute atomic E-state index is 0.0824. The minimum atomic E-state index is 0.0824. The van der Waals surface area contributed by atoms with E-state index in [1.54, 1.807) is 4.68 Å². The van der Waals surface area contributed by atoms with Crippen LogP contribution in [0.3, 0.4) is 0 Å². The van der Waals surface area contributed by atoms with Gasteiger partial charge in [-0.1, -0.05) is 17.7 Å². The molecule has 2 rings (SSSR count). The van der Waals surface area contributed by atoms with Crippen molar-refractivity contribution in [3.63, 3.8) is 0 Å². The van der Waals surface area contributed by atoms with Crippen LogP contribution in [0, 0.1) is 20.8 Å². The Morgan fingerprint density at radius 2 is 1.78 bits per heavy atom. The third-order valence-electron chi connectivity index (χ3n) is 2.93. The molecule has 4 heteroatoms. The number of aliphatic hydroxyl groups excluding tert-OH is 1. The first-order chi connectivity index (χ1) is 8.52. The van der Waals surface area contributed by atoms with E-state index in [-0.39, 0.29) is 6.61 Å². The van der Waals surface area contributed by atoms with Gasteiger partial charge in [0, 0.05) is 18.6 Å². The predicted molar refractivity (Wildman–Crippen MR) is 73.6 cm³/mol. The summed E-state index contributed by atoms with van der Waals surface area (Å²) in [6.45, 7) is 6.10. The Hall–Kier alpha value is -1.32. The number of benzene rings is 1. The first-order valence-electron chi connectivity index (χ1n) is 5.96. The average molecular weight is 265 g/mol. The third-order valence-corrected chi connectivity index (χ3v) is 3.32. The zero-order chi connectivity index (χ0) is 13.3. The summed E-state index contributed by atoms with van der Waals surface area (Å²) < 4.78 is 1.74. The van der Waals surface area contributed by atoms with Crippen molar-refractivity contribution in [3.05, 3.63) is 45.7 Å². The second-order valence-corrected chi connectivity index (χ2v) is 4.94. The van der Waals surface area contributed by atoms with Crippen molar-refractivity contribution in [1.82, 2.24) is 9.78 Å². The van der Waals surface area contributed by atoms with Crippen LogP contribution < -0.4 is 0 Å². The van der Waals surface area contributed by atoms with E-state index in [0.29, 0.717) is 11.6 Å². The molecule has 2 aromatic rings. The van der Waals surface area contributed by atoms with E-state index in [1.807, 2.05) is 19.1 Å². The number of aliphatic hydroxyl groups is 1. The number of nitrogens with zero attached hydrogens (tertiary/aromatic N) is 2. The second kappa shape index (κ2) is 5.12. The standard InChI is InChI=1S/C14H17ClN2O/c1-9-6-10(2)8-12(7-9)17-14(15)13(4-5-18)11(3)16-17/h6-8,18H,4-5H2,1-3H3. The van der Waals surface area contributed by atoms with Crippen LogP contribution in [0.4, 0.5) is 0 Å². The maximum Gasteiger partial charge on any atom is 0.136 e. The molecule has 1 aromatic carbocycles. The minimum Gasteiger partial charge on any atom is -0.396 e. The molecule has 0 atom stereocenters. The summed E-state index contributed by atoms with van der Waals surface area (Å²) in [5.41, 5.74) is 5.10. The molecule has 0 saturated heterocycles. The van der Waals surface area contributed by atoms with Crippen molar-refractivity contribution >= 4 is 11.6 Å². The zero-order valence-electron chi connectivity index (χ0n) is 10.9. The fraction of sp³-hybridized carbons (Fsp3) is 0.357. The van der Waals surface area contributed by atoms with Crippen LogP contribution in [-0.2, 0) is 6.42 Å². The Morgan fingerprint density at radius 3 is 2.33 bits per heavy atom. The van der Waals surface area contributed by atoms with Gasteiger partial charge in [-0.3, -0.25) is 0 Å². The first-order valence-corrected chi connectivity index (χ1v) is 6.34. The van der Waals surface area contributed by atoms with E-state index >= 15 is 0 Å². The summed E-state index contributed by atoms with van der Waals surface area (Å²) in [5, 5.41) is 14.1. The van der Waals surface area contributed by atoms with Crippen molar-refractivity contribution in [3.8, 4) is 5.69 Å². The lowest BCUT2D eigenvalue weighted by molar-refractivity contribution is 0.299. The highest BCUT2D eigenvalue weighted by atomic mass is 35.5. The fourth-order valence-electron chi connectivity index (χ4n) is 2.17. The number of aromatic nitrogens is 2. The molecule has 0 spiro atoms. The Morgan fingerprint density at radius 1 is 1.17 bits per heavy atom. The Kier molecular flexibility index (Phi) is 3.73. The fourth-order valence-corrected chi connectivity index (χ4v) is 2.54. The van der Waals surface area contributed by atoms with Crippen LogP contribution in [0.25, 0.3) is 5.69 Å². The molecule has 3 nitrogen and oxygen atoms in total. The summed E-state index contributed by atoms with van der Waals surface area (Å²) in [6, 6.07) is 6.21. The number of hydrogen-bond donors (Lipinski definition) is 1. The zero-order valence-corrected chi connectivity index (χ0v) is 11.6. The van der Waals surface area contributed by atoms with Crippen molar-refractivity contribution in [1.29, 1.82) is 0 Å². The molecule has 0 amide bonds. The van der Waals surface area contributed by atoms with Crippen molar-refractivity contribution in [2.45, 2.75) is 27.2 Å². The molecule has 1 heterocycles. The van der Waals surface area contributed by atoms with Crippen molar-refractivity contribution in [2.75, 3.05) is 6.61 Å². The van der Waals surface area contributed by atoms with Crippen molar-refractivity contribution in [2.24, 2.45) is 0 Å². The van der Waals surface area contributed by atoms with Crippen LogP contribution in [0.2, 0.25) is 5.15 Å². The van der Waals surface area contributed by atoms with Gasteiger partial charge < -0.3 is 5.11 Å². The number of aryl methyl sites for hydroxylation is 3. The van der Waals surface area contributed by atoms with E-state index in [4.69, 9.17) is 16.7 Å². The van der Waals surface area contributed by atoms with E-state index in [1.165, 1.54) is 11.1 Å². The van der Waals surface area contributed by atoms with Gasteiger partial charge in [-0.2, -0.15) is 5.10 Å². The predicted octanol–water partition coefficient (Wildman–Crippen LogP) is 2.99. The van der Waals surface area contributed by atoms with Gasteiger partial charge in [0.1, 0.15) is 5.15 Å². The maximum atomic E-state index is 9.04. The summed E-state index contributed by atoms with van der Waals surface area (Å²) in [4.78, 5) is 0. The molecule has 96 valence electrons. The monoisotopic (exact) mass is 264 g/mol. The van der Waals surface area contributed by atoms with E-state index in [2.05, 4.69) is 25.0 Å². The second-order valence-electron chi connectivity index (χ2n) is 4.59. The topological polar surface area (TPSA) is 38.0 Å². The summed E-state index contributed by atoms with van der Waals surface area (Å²) in [7, 11) is 0. The molecule has 0 aliphatic rings. The molecule has 0 aliphatic heterocycles. The van der Waals surface area contributed by atoms with Crippen LogP contribution >= 0.6 is 11.6 Å². The van der Waals surface area contributed by atoms with Gasteiger partial charge >= 0.3 is 0 Å². The van der Waals surface area contributed by atoms with Gasteiger partial charge in [-0.05, 0) is 44.0 Å². The lowest BCUT2D eigenvalue weighted by atomic mass is 10.1. The van der Waals surface area contributed by atoms with Gasteiger partial charge in [0.15, 0.2) is 0 Å². The van der Waals surface area contributed by atoms with Gasteiger partial charge in [0.25, 0.3) is 0 Å². The van der Waals surface area contributed by atoms with E-state index in [9.17, 15) is 0 Å². The van der Waals surface area contributed by atoms with E-state index in [0.717, 1.165) is 16.9 Å². The molecule has 1 aromatic heterocycles. The van der Waals surface area contributed by atoms with Crippen LogP contribution in [0.15, 0.2) is 18.2 Å². The lowest BCUT2D eigenvalue weighted by Gasteiger charge is -2.06. The van der Waals surface area contributed by atoms with Gasteiger partial charge in [0.05, 0.1) is 11.4 Å². The quantitative estimate of drug-likeness (QED) is 0.926. The Balaban J connectivity index is 2.54. The van der Waals surface area contributed by atoms with Crippen LogP contribution in [0.5, 0.6) is 0 Å². The largest absolute Gasteiger partial charge is 0.396 e. The maximum absolute atomic E-state index is 9.04. The van der Waals surface area contributed by atoms with E-state index < -0.39 is 0 Å². The summed E-state index contributed by atoms with van der Waals surface area (Å²) in [6.07, 6.45) is 0.537. The Bertz CT molecular complexity index is 555. The van der Waals surface area contributed by atoms with Crippen molar-refractivity contribution < 1.29 is 5.11 Å². The van der Waals surface area contributed by atoms with Gasteiger partial charge in [-0.15, -0.1) is 0 Å².